The zero-order valence-corrected chi connectivity index (χ0v) is 15.2. The van der Waals surface area contributed by atoms with Gasteiger partial charge in [0.1, 0.15) is 5.75 Å². The Morgan fingerprint density at radius 3 is 2.92 bits per heavy atom. The number of rotatable bonds is 6. The van der Waals surface area contributed by atoms with Gasteiger partial charge in [-0.15, -0.1) is 5.10 Å². The summed E-state index contributed by atoms with van der Waals surface area (Å²) in [6, 6.07) is 11.8. The number of benzene rings is 2. The number of H-pyrrole nitrogens is 1. The fourth-order valence-corrected chi connectivity index (χ4v) is 3.32. The molecule has 7 nitrogen and oxygen atoms in total. The summed E-state index contributed by atoms with van der Waals surface area (Å²) >= 11 is 1.55. The van der Waals surface area contributed by atoms with E-state index in [0.717, 1.165) is 39.8 Å². The monoisotopic (exact) mass is 370 g/mol. The molecule has 1 aromatic heterocycles. The summed E-state index contributed by atoms with van der Waals surface area (Å²) in [5.41, 5.74) is 3.15. The van der Waals surface area contributed by atoms with Gasteiger partial charge in [-0.2, -0.15) is 4.98 Å². The van der Waals surface area contributed by atoms with Crippen LogP contribution in [0.3, 0.4) is 0 Å². The lowest BCUT2D eigenvalue weighted by atomic mass is 10.2. The highest BCUT2D eigenvalue weighted by atomic mass is 32.2. The third kappa shape index (κ3) is 3.55. The van der Waals surface area contributed by atoms with Crippen LogP contribution in [0.2, 0.25) is 0 Å². The number of nitrogens with one attached hydrogen (secondary N) is 2. The van der Waals surface area contributed by atoms with Gasteiger partial charge in [0.25, 0.3) is 0 Å². The number of aryl methyl sites for hydroxylation is 1. The molecule has 2 aromatic carbocycles. The van der Waals surface area contributed by atoms with Crippen LogP contribution in [-0.2, 0) is 5.75 Å². The Morgan fingerprint density at radius 2 is 2.08 bits per heavy atom. The van der Waals surface area contributed by atoms with Crippen molar-refractivity contribution in [3.8, 4) is 17.2 Å². The summed E-state index contributed by atoms with van der Waals surface area (Å²) in [7, 11) is 1.65. The standard InChI is InChI=1S/C18H18N4O3S/c1-11-7-13(23-2)4-5-14(11)19-17-20-18(22-21-17)26-9-12-3-6-15-16(8-12)25-10-24-15/h3-8H,9-10H2,1-2H3,(H2,19,20,21,22). The van der Waals surface area contributed by atoms with Crippen molar-refractivity contribution in [2.45, 2.75) is 17.8 Å². The van der Waals surface area contributed by atoms with E-state index in [1.54, 1.807) is 18.9 Å². The van der Waals surface area contributed by atoms with Crippen LogP contribution >= 0.6 is 11.8 Å². The Kier molecular flexibility index (Phi) is 4.57. The zero-order valence-electron chi connectivity index (χ0n) is 14.4. The quantitative estimate of drug-likeness (QED) is 0.637. The minimum atomic E-state index is 0.284. The van der Waals surface area contributed by atoms with Crippen LogP contribution in [0, 0.1) is 6.92 Å². The Balaban J connectivity index is 1.39. The fraction of sp³-hybridized carbons (Fsp3) is 0.222. The van der Waals surface area contributed by atoms with Crippen molar-refractivity contribution in [3.05, 3.63) is 47.5 Å². The fourth-order valence-electron chi connectivity index (χ4n) is 2.58. The molecule has 2 N–H and O–H groups in total. The SMILES string of the molecule is COc1ccc(Nc2nc(SCc3ccc4c(c3)OCO4)n[nH]2)c(C)c1. The number of ether oxygens (including phenoxy) is 3. The molecule has 0 unspecified atom stereocenters. The van der Waals surface area contributed by atoms with Crippen molar-refractivity contribution >= 4 is 23.4 Å². The van der Waals surface area contributed by atoms with Gasteiger partial charge in [0.2, 0.25) is 17.9 Å². The number of aromatic amines is 1. The van der Waals surface area contributed by atoms with E-state index in [4.69, 9.17) is 14.2 Å². The Morgan fingerprint density at radius 1 is 1.19 bits per heavy atom. The molecule has 1 aliphatic heterocycles. The average molecular weight is 370 g/mol. The van der Waals surface area contributed by atoms with Crippen molar-refractivity contribution in [1.29, 1.82) is 0 Å². The van der Waals surface area contributed by atoms with Gasteiger partial charge < -0.3 is 19.5 Å². The van der Waals surface area contributed by atoms with Crippen LogP contribution < -0.4 is 19.5 Å². The highest BCUT2D eigenvalue weighted by molar-refractivity contribution is 7.98. The minimum absolute atomic E-state index is 0.284. The van der Waals surface area contributed by atoms with Gasteiger partial charge in [-0.05, 0) is 48.4 Å². The van der Waals surface area contributed by atoms with Crippen molar-refractivity contribution in [1.82, 2.24) is 15.2 Å². The molecule has 0 fully saturated rings. The largest absolute Gasteiger partial charge is 0.497 e. The van der Waals surface area contributed by atoms with Crippen LogP contribution in [0.5, 0.6) is 17.2 Å². The maximum absolute atomic E-state index is 5.40. The van der Waals surface area contributed by atoms with E-state index in [2.05, 4.69) is 20.5 Å². The topological polar surface area (TPSA) is 81.3 Å². The van der Waals surface area contributed by atoms with Crippen molar-refractivity contribution in [2.75, 3.05) is 19.2 Å². The summed E-state index contributed by atoms with van der Waals surface area (Å²) in [6.45, 7) is 2.29. The number of nitrogens with zero attached hydrogens (tertiary/aromatic N) is 2. The van der Waals surface area contributed by atoms with Gasteiger partial charge in [-0.25, -0.2) is 5.10 Å². The van der Waals surface area contributed by atoms with Gasteiger partial charge >= 0.3 is 0 Å². The molecule has 8 heteroatoms. The molecule has 0 atom stereocenters. The number of anilines is 2. The van der Waals surface area contributed by atoms with E-state index >= 15 is 0 Å². The first-order chi connectivity index (χ1) is 12.7. The number of fused-ring (bicyclic) bond motifs is 1. The number of aromatic nitrogens is 3. The molecule has 3 aromatic rings. The highest BCUT2D eigenvalue weighted by Gasteiger charge is 2.14. The second-order valence-electron chi connectivity index (χ2n) is 5.75. The van der Waals surface area contributed by atoms with Gasteiger partial charge in [-0.3, -0.25) is 0 Å². The molecule has 4 rings (SSSR count). The van der Waals surface area contributed by atoms with Crippen LogP contribution in [0.4, 0.5) is 11.6 Å². The third-order valence-corrected chi connectivity index (χ3v) is 4.87. The van der Waals surface area contributed by atoms with Crippen LogP contribution in [-0.4, -0.2) is 29.1 Å². The molecule has 134 valence electrons. The third-order valence-electron chi connectivity index (χ3n) is 3.96. The smallest absolute Gasteiger partial charge is 0.231 e. The predicted molar refractivity (Wildman–Crippen MR) is 99.5 cm³/mol. The van der Waals surface area contributed by atoms with Crippen LogP contribution in [0.1, 0.15) is 11.1 Å². The number of hydrogen-bond donors (Lipinski definition) is 2. The number of methoxy groups -OCH3 is 1. The number of thioether (sulfide) groups is 1. The lowest BCUT2D eigenvalue weighted by Gasteiger charge is -2.08. The molecule has 0 amide bonds. The maximum atomic E-state index is 5.40. The summed E-state index contributed by atoms with van der Waals surface area (Å²) in [5.74, 6) is 3.75. The second-order valence-corrected chi connectivity index (χ2v) is 6.69. The van der Waals surface area contributed by atoms with Gasteiger partial charge in [-0.1, -0.05) is 17.8 Å². The van der Waals surface area contributed by atoms with Crippen LogP contribution in [0.25, 0.3) is 0 Å². The first-order valence-electron chi connectivity index (χ1n) is 8.06. The Bertz CT molecular complexity index is 929. The zero-order chi connectivity index (χ0) is 17.9. The molecule has 2 heterocycles. The summed E-state index contributed by atoms with van der Waals surface area (Å²) in [5, 5.41) is 11.1. The minimum Gasteiger partial charge on any atom is -0.497 e. The molecule has 0 radical (unpaired) electrons. The van der Waals surface area contributed by atoms with E-state index in [1.807, 2.05) is 43.3 Å². The molecule has 0 spiro atoms. The Labute approximate surface area is 155 Å². The van der Waals surface area contributed by atoms with E-state index in [9.17, 15) is 0 Å². The van der Waals surface area contributed by atoms with E-state index in [-0.39, 0.29) is 6.79 Å². The highest BCUT2D eigenvalue weighted by Crippen LogP contribution is 2.34. The van der Waals surface area contributed by atoms with E-state index in [1.165, 1.54) is 0 Å². The molecular weight excluding hydrogens is 352 g/mol. The van der Waals surface area contributed by atoms with Gasteiger partial charge in [0.05, 0.1) is 7.11 Å². The molecule has 26 heavy (non-hydrogen) atoms. The van der Waals surface area contributed by atoms with E-state index < -0.39 is 0 Å². The maximum Gasteiger partial charge on any atom is 0.231 e. The average Bonchev–Trinajstić information content (AvgIpc) is 3.30. The molecule has 0 saturated carbocycles. The number of hydrogen-bond acceptors (Lipinski definition) is 7. The van der Waals surface area contributed by atoms with Crippen molar-refractivity contribution in [3.63, 3.8) is 0 Å². The summed E-state index contributed by atoms with van der Waals surface area (Å²) in [4.78, 5) is 4.47. The lowest BCUT2D eigenvalue weighted by Crippen LogP contribution is -1.95. The molecule has 0 aliphatic carbocycles. The Hall–Kier alpha value is -2.87. The van der Waals surface area contributed by atoms with Gasteiger partial charge in [0, 0.05) is 11.4 Å². The molecule has 1 aliphatic rings. The predicted octanol–water partition coefficient (Wildman–Crippen LogP) is 3.89. The van der Waals surface area contributed by atoms with Crippen LogP contribution in [0.15, 0.2) is 41.6 Å². The summed E-state index contributed by atoms with van der Waals surface area (Å²) < 4.78 is 15.9. The first kappa shape index (κ1) is 16.6. The molecular formula is C18H18N4O3S. The normalized spacial score (nSPS) is 12.2. The first-order valence-corrected chi connectivity index (χ1v) is 9.05. The van der Waals surface area contributed by atoms with Gasteiger partial charge in [0.15, 0.2) is 11.5 Å². The van der Waals surface area contributed by atoms with Crippen molar-refractivity contribution < 1.29 is 14.2 Å². The second kappa shape index (κ2) is 7.17. The summed E-state index contributed by atoms with van der Waals surface area (Å²) in [6.07, 6.45) is 0. The lowest BCUT2D eigenvalue weighted by molar-refractivity contribution is 0.174. The van der Waals surface area contributed by atoms with Crippen molar-refractivity contribution in [2.24, 2.45) is 0 Å². The van der Waals surface area contributed by atoms with E-state index in [0.29, 0.717) is 11.1 Å². The molecule has 0 saturated heterocycles. The molecule has 0 bridgehead atoms.